The fraction of sp³-hybridized carbons (Fsp3) is 0.381. The van der Waals surface area contributed by atoms with Crippen LogP contribution in [0, 0.1) is 11.3 Å². The molecule has 1 saturated heterocycles. The fourth-order valence-electron chi connectivity index (χ4n) is 3.32. The Kier molecular flexibility index (Phi) is 5.43. The molecule has 1 aromatic rings. The first-order valence-electron chi connectivity index (χ1n) is 9.00. The Hall–Kier alpha value is -2.91. The van der Waals surface area contributed by atoms with E-state index in [2.05, 4.69) is 0 Å². The minimum absolute atomic E-state index is 0.0174. The molecule has 6 heteroatoms. The highest BCUT2D eigenvalue weighted by atomic mass is 16.5. The van der Waals surface area contributed by atoms with Crippen molar-refractivity contribution in [2.75, 3.05) is 32.1 Å². The van der Waals surface area contributed by atoms with Gasteiger partial charge in [0.05, 0.1) is 12.6 Å². The van der Waals surface area contributed by atoms with Gasteiger partial charge in [-0.3, -0.25) is 14.5 Å². The first-order valence-corrected chi connectivity index (χ1v) is 9.00. The van der Waals surface area contributed by atoms with Crippen LogP contribution in [0.1, 0.15) is 25.3 Å². The molecule has 2 aliphatic heterocycles. The highest BCUT2D eigenvalue weighted by Crippen LogP contribution is 2.28. The lowest BCUT2D eigenvalue weighted by atomic mass is 9.93. The fourth-order valence-corrected chi connectivity index (χ4v) is 3.32. The minimum Gasteiger partial charge on any atom is -0.378 e. The average Bonchev–Trinajstić information content (AvgIpc) is 3.16. The molecule has 3 rings (SSSR count). The summed E-state index contributed by atoms with van der Waals surface area (Å²) in [5, 5.41) is 9.45. The summed E-state index contributed by atoms with van der Waals surface area (Å²) in [6.07, 6.45) is 3.31. The zero-order chi connectivity index (χ0) is 19.6. The van der Waals surface area contributed by atoms with E-state index in [-0.39, 0.29) is 24.1 Å². The summed E-state index contributed by atoms with van der Waals surface area (Å²) in [7, 11) is 3.91. The van der Waals surface area contributed by atoms with Crippen LogP contribution in [0.3, 0.4) is 0 Å². The van der Waals surface area contributed by atoms with Crippen molar-refractivity contribution in [3.8, 4) is 6.07 Å². The number of rotatable bonds is 4. The number of imide groups is 1. The van der Waals surface area contributed by atoms with E-state index in [0.29, 0.717) is 17.8 Å². The quantitative estimate of drug-likeness (QED) is 0.605. The van der Waals surface area contributed by atoms with E-state index in [1.807, 2.05) is 49.3 Å². The lowest BCUT2D eigenvalue weighted by molar-refractivity contribution is -0.142. The van der Waals surface area contributed by atoms with Gasteiger partial charge in [0.1, 0.15) is 11.6 Å². The average molecular weight is 365 g/mol. The molecule has 0 bridgehead atoms. The molecule has 1 unspecified atom stereocenters. The number of anilines is 1. The molecule has 0 aliphatic carbocycles. The standard InChI is InChI=1S/C21H23N3O3/c1-14-18(11-15-6-8-16(9-7-15)23(2)3)20(25)24(21(26)19(14)12-22)13-17-5-4-10-27-17/h6-9,11,17H,4-5,10,13H2,1-3H3/b18-11+. The van der Waals surface area contributed by atoms with Gasteiger partial charge in [-0.25, -0.2) is 0 Å². The number of hydrogen-bond donors (Lipinski definition) is 0. The second-order valence-corrected chi connectivity index (χ2v) is 7.01. The van der Waals surface area contributed by atoms with Gasteiger partial charge < -0.3 is 9.64 Å². The Morgan fingerprint density at radius 2 is 1.96 bits per heavy atom. The summed E-state index contributed by atoms with van der Waals surface area (Å²) in [5.41, 5.74) is 2.71. The van der Waals surface area contributed by atoms with Crippen LogP contribution >= 0.6 is 0 Å². The van der Waals surface area contributed by atoms with Crippen molar-refractivity contribution in [2.24, 2.45) is 0 Å². The third-order valence-corrected chi connectivity index (χ3v) is 4.96. The summed E-state index contributed by atoms with van der Waals surface area (Å²) in [6.45, 7) is 2.48. The van der Waals surface area contributed by atoms with Gasteiger partial charge in [0.2, 0.25) is 0 Å². The van der Waals surface area contributed by atoms with E-state index in [9.17, 15) is 14.9 Å². The first-order chi connectivity index (χ1) is 12.9. The van der Waals surface area contributed by atoms with E-state index >= 15 is 0 Å². The van der Waals surface area contributed by atoms with Crippen molar-refractivity contribution >= 4 is 23.6 Å². The number of carbonyl (C=O) groups is 2. The normalized spacial score (nSPS) is 21.8. The third-order valence-electron chi connectivity index (χ3n) is 4.96. The number of benzene rings is 1. The molecule has 1 atom stereocenters. The highest BCUT2D eigenvalue weighted by Gasteiger charge is 2.37. The van der Waals surface area contributed by atoms with Gasteiger partial charge in [-0.2, -0.15) is 5.26 Å². The van der Waals surface area contributed by atoms with Crippen LogP contribution < -0.4 is 4.90 Å². The van der Waals surface area contributed by atoms with Crippen molar-refractivity contribution in [3.05, 3.63) is 46.5 Å². The van der Waals surface area contributed by atoms with E-state index in [1.54, 1.807) is 13.0 Å². The van der Waals surface area contributed by atoms with Gasteiger partial charge in [0, 0.05) is 32.0 Å². The molecule has 1 fully saturated rings. The lowest BCUT2D eigenvalue weighted by Crippen LogP contribution is -2.46. The Balaban J connectivity index is 1.96. The number of ether oxygens (including phenoxy) is 1. The molecule has 0 saturated carbocycles. The summed E-state index contributed by atoms with van der Waals surface area (Å²) in [6, 6.07) is 9.71. The predicted molar refractivity (Wildman–Crippen MR) is 103 cm³/mol. The van der Waals surface area contributed by atoms with Gasteiger partial charge >= 0.3 is 0 Å². The zero-order valence-electron chi connectivity index (χ0n) is 15.9. The van der Waals surface area contributed by atoms with Crippen molar-refractivity contribution < 1.29 is 14.3 Å². The maximum Gasteiger partial charge on any atom is 0.271 e. The van der Waals surface area contributed by atoms with Crippen molar-refractivity contribution in [1.29, 1.82) is 5.26 Å². The third kappa shape index (κ3) is 3.79. The summed E-state index contributed by atoms with van der Waals surface area (Å²) in [4.78, 5) is 28.8. The molecule has 0 spiro atoms. The second kappa shape index (κ2) is 7.77. The molecule has 2 aliphatic rings. The van der Waals surface area contributed by atoms with Gasteiger partial charge in [0.15, 0.2) is 0 Å². The first kappa shape index (κ1) is 18.9. The Morgan fingerprint density at radius 3 is 2.52 bits per heavy atom. The molecule has 6 nitrogen and oxygen atoms in total. The molecule has 0 aromatic heterocycles. The van der Waals surface area contributed by atoms with Crippen LogP contribution in [0.2, 0.25) is 0 Å². The van der Waals surface area contributed by atoms with Gasteiger partial charge in [-0.15, -0.1) is 0 Å². The van der Waals surface area contributed by atoms with Crippen molar-refractivity contribution in [2.45, 2.75) is 25.9 Å². The summed E-state index contributed by atoms with van der Waals surface area (Å²) in [5.74, 6) is -0.903. The van der Waals surface area contributed by atoms with Gasteiger partial charge in [-0.1, -0.05) is 12.1 Å². The molecule has 2 heterocycles. The number of carbonyl (C=O) groups excluding carboxylic acids is 2. The van der Waals surface area contributed by atoms with E-state index < -0.39 is 5.91 Å². The minimum atomic E-state index is -0.532. The van der Waals surface area contributed by atoms with Crippen LogP contribution in [-0.4, -0.2) is 50.1 Å². The van der Waals surface area contributed by atoms with Crippen LogP contribution in [0.25, 0.3) is 6.08 Å². The number of nitriles is 1. The molecule has 0 radical (unpaired) electrons. The topological polar surface area (TPSA) is 73.6 Å². The van der Waals surface area contributed by atoms with E-state index in [4.69, 9.17) is 4.74 Å². The molecule has 140 valence electrons. The Morgan fingerprint density at radius 1 is 1.26 bits per heavy atom. The zero-order valence-corrected chi connectivity index (χ0v) is 15.9. The van der Waals surface area contributed by atoms with Gasteiger partial charge in [0.25, 0.3) is 11.8 Å². The van der Waals surface area contributed by atoms with Crippen molar-refractivity contribution in [1.82, 2.24) is 4.90 Å². The maximum absolute atomic E-state index is 13.0. The van der Waals surface area contributed by atoms with Crippen molar-refractivity contribution in [3.63, 3.8) is 0 Å². The molecule has 27 heavy (non-hydrogen) atoms. The van der Waals surface area contributed by atoms with E-state index in [0.717, 1.165) is 29.0 Å². The predicted octanol–water partition coefficient (Wildman–Crippen LogP) is 2.52. The lowest BCUT2D eigenvalue weighted by Gasteiger charge is -2.29. The molecule has 2 amide bonds. The second-order valence-electron chi connectivity index (χ2n) is 7.01. The van der Waals surface area contributed by atoms with E-state index in [1.165, 1.54) is 0 Å². The Labute approximate surface area is 159 Å². The number of hydrogen-bond acceptors (Lipinski definition) is 5. The maximum atomic E-state index is 13.0. The highest BCUT2D eigenvalue weighted by molar-refractivity contribution is 6.19. The Bertz CT molecular complexity index is 854. The smallest absolute Gasteiger partial charge is 0.271 e. The molecular weight excluding hydrogens is 342 g/mol. The SMILES string of the molecule is CC1=C(C#N)C(=O)N(CC2CCCO2)C(=O)/C1=C/c1ccc(N(C)C)cc1. The largest absolute Gasteiger partial charge is 0.378 e. The van der Waals surface area contributed by atoms with Gasteiger partial charge in [-0.05, 0) is 49.1 Å². The number of nitrogens with zero attached hydrogens (tertiary/aromatic N) is 3. The van der Waals surface area contributed by atoms with Crippen LogP contribution in [-0.2, 0) is 14.3 Å². The van der Waals surface area contributed by atoms with Crippen LogP contribution in [0.4, 0.5) is 5.69 Å². The molecular formula is C21H23N3O3. The van der Waals surface area contributed by atoms with Crippen LogP contribution in [0.15, 0.2) is 41.0 Å². The number of amides is 2. The summed E-state index contributed by atoms with van der Waals surface area (Å²) < 4.78 is 5.57. The monoisotopic (exact) mass is 365 g/mol. The van der Waals surface area contributed by atoms with Crippen LogP contribution in [0.5, 0.6) is 0 Å². The summed E-state index contributed by atoms with van der Waals surface area (Å²) >= 11 is 0. The molecule has 1 aromatic carbocycles. The molecule has 0 N–H and O–H groups in total.